The number of carbonyl (C=O) groups is 2. The number of hydrogen-bond acceptors (Lipinski definition) is 3. The number of para-hydroxylation sites is 2. The molecule has 0 saturated heterocycles. The first kappa shape index (κ1) is 17.0. The van der Waals surface area contributed by atoms with Crippen molar-refractivity contribution in [3.8, 4) is 5.75 Å². The molecule has 1 aliphatic rings. The summed E-state index contributed by atoms with van der Waals surface area (Å²) < 4.78 is 5.60. The van der Waals surface area contributed by atoms with E-state index in [1.807, 2.05) is 25.1 Å². The van der Waals surface area contributed by atoms with Gasteiger partial charge in [0.1, 0.15) is 5.75 Å². The highest BCUT2D eigenvalue weighted by Gasteiger charge is 2.20. The van der Waals surface area contributed by atoms with Gasteiger partial charge in [-0.15, -0.1) is 0 Å². The van der Waals surface area contributed by atoms with Crippen LogP contribution < -0.4 is 15.4 Å². The van der Waals surface area contributed by atoms with Crippen LogP contribution in [0.25, 0.3) is 0 Å². The zero-order chi connectivity index (χ0) is 17.6. The van der Waals surface area contributed by atoms with Gasteiger partial charge in [-0.05, 0) is 55.0 Å². The topological polar surface area (TPSA) is 67.4 Å². The summed E-state index contributed by atoms with van der Waals surface area (Å²) in [5.41, 5.74) is 3.60. The van der Waals surface area contributed by atoms with Crippen LogP contribution in [0.3, 0.4) is 0 Å². The minimum atomic E-state index is -0.705. The Bertz CT molecular complexity index is 786. The smallest absolute Gasteiger partial charge is 0.314 e. The molecule has 0 heterocycles. The molecule has 5 heteroatoms. The van der Waals surface area contributed by atoms with Crippen LogP contribution in [0, 0.1) is 0 Å². The number of benzene rings is 2. The lowest BCUT2D eigenvalue weighted by atomic mass is 10.1. The van der Waals surface area contributed by atoms with Crippen molar-refractivity contribution in [3.05, 3.63) is 53.6 Å². The maximum Gasteiger partial charge on any atom is 0.314 e. The highest BCUT2D eigenvalue weighted by Crippen LogP contribution is 2.29. The Hall–Kier alpha value is -2.82. The van der Waals surface area contributed by atoms with Crippen LogP contribution in [-0.4, -0.2) is 18.4 Å². The van der Waals surface area contributed by atoms with Crippen LogP contribution in [-0.2, 0) is 22.4 Å². The Labute approximate surface area is 147 Å². The number of anilines is 2. The predicted molar refractivity (Wildman–Crippen MR) is 98.0 cm³/mol. The fraction of sp³-hybridized carbons (Fsp3) is 0.300. The Kier molecular flexibility index (Phi) is 5.33. The first-order valence-corrected chi connectivity index (χ1v) is 8.64. The van der Waals surface area contributed by atoms with E-state index in [4.69, 9.17) is 4.74 Å². The van der Waals surface area contributed by atoms with Gasteiger partial charge in [0.25, 0.3) is 0 Å². The summed E-state index contributed by atoms with van der Waals surface area (Å²) in [5.74, 6) is -0.820. The Morgan fingerprint density at radius 3 is 2.48 bits per heavy atom. The van der Waals surface area contributed by atoms with Crippen molar-refractivity contribution in [1.29, 1.82) is 0 Å². The molecule has 0 atom stereocenters. The first-order valence-electron chi connectivity index (χ1n) is 8.64. The van der Waals surface area contributed by atoms with Crippen LogP contribution in [0.4, 0.5) is 11.4 Å². The van der Waals surface area contributed by atoms with Crippen molar-refractivity contribution < 1.29 is 14.3 Å². The lowest BCUT2D eigenvalue weighted by molar-refractivity contribution is -0.133. The summed E-state index contributed by atoms with van der Waals surface area (Å²) in [4.78, 5) is 24.5. The van der Waals surface area contributed by atoms with Gasteiger partial charge in [0.15, 0.2) is 0 Å². The van der Waals surface area contributed by atoms with Crippen molar-refractivity contribution in [1.82, 2.24) is 0 Å². The van der Waals surface area contributed by atoms with Gasteiger partial charge in [0.2, 0.25) is 0 Å². The molecule has 25 heavy (non-hydrogen) atoms. The van der Waals surface area contributed by atoms with Gasteiger partial charge in [-0.3, -0.25) is 9.59 Å². The standard InChI is InChI=1S/C20H22N2O3/c1-2-13-25-18-12-4-3-10-17(18)22-20(24)19(23)21-16-11-6-8-14-7-5-9-15(14)16/h3-4,6,8,10-12H,2,5,7,9,13H2,1H3,(H,21,23)(H,22,24). The Morgan fingerprint density at radius 1 is 0.960 bits per heavy atom. The zero-order valence-electron chi connectivity index (χ0n) is 14.3. The van der Waals surface area contributed by atoms with Crippen LogP contribution >= 0.6 is 0 Å². The number of aryl methyl sites for hydroxylation is 1. The summed E-state index contributed by atoms with van der Waals surface area (Å²) in [6, 6.07) is 12.9. The summed E-state index contributed by atoms with van der Waals surface area (Å²) >= 11 is 0. The summed E-state index contributed by atoms with van der Waals surface area (Å²) in [6.07, 6.45) is 3.90. The number of nitrogens with one attached hydrogen (secondary N) is 2. The SMILES string of the molecule is CCCOc1ccccc1NC(=O)C(=O)Nc1cccc2c1CCC2. The first-order chi connectivity index (χ1) is 12.2. The maximum absolute atomic E-state index is 12.3. The number of carbonyl (C=O) groups excluding carboxylic acids is 2. The molecule has 0 fully saturated rings. The summed E-state index contributed by atoms with van der Waals surface area (Å²) in [7, 11) is 0. The molecule has 2 amide bonds. The fourth-order valence-corrected chi connectivity index (χ4v) is 3.00. The second-order valence-corrected chi connectivity index (χ2v) is 6.05. The lowest BCUT2D eigenvalue weighted by Gasteiger charge is -2.13. The highest BCUT2D eigenvalue weighted by atomic mass is 16.5. The van der Waals surface area contributed by atoms with E-state index in [0.29, 0.717) is 18.0 Å². The molecule has 2 aromatic rings. The molecule has 2 aromatic carbocycles. The van der Waals surface area contributed by atoms with E-state index in [-0.39, 0.29) is 0 Å². The van der Waals surface area contributed by atoms with Gasteiger partial charge in [-0.25, -0.2) is 0 Å². The second kappa shape index (κ2) is 7.83. The minimum absolute atomic E-state index is 0.495. The third kappa shape index (κ3) is 3.99. The highest BCUT2D eigenvalue weighted by molar-refractivity contribution is 6.43. The second-order valence-electron chi connectivity index (χ2n) is 6.05. The fourth-order valence-electron chi connectivity index (χ4n) is 3.00. The molecule has 2 N–H and O–H groups in total. The lowest BCUT2D eigenvalue weighted by Crippen LogP contribution is -2.29. The Morgan fingerprint density at radius 2 is 1.68 bits per heavy atom. The largest absolute Gasteiger partial charge is 0.491 e. The van der Waals surface area contributed by atoms with Crippen molar-refractivity contribution in [2.24, 2.45) is 0 Å². The summed E-state index contributed by atoms with van der Waals surface area (Å²) in [5, 5.41) is 5.36. The zero-order valence-corrected chi connectivity index (χ0v) is 14.3. The number of fused-ring (bicyclic) bond motifs is 1. The quantitative estimate of drug-likeness (QED) is 0.820. The summed E-state index contributed by atoms with van der Waals surface area (Å²) in [6.45, 7) is 2.56. The average molecular weight is 338 g/mol. The van der Waals surface area contributed by atoms with E-state index in [1.54, 1.807) is 18.2 Å². The van der Waals surface area contributed by atoms with Gasteiger partial charge in [0.05, 0.1) is 12.3 Å². The van der Waals surface area contributed by atoms with Gasteiger partial charge in [0, 0.05) is 5.69 Å². The molecule has 1 aliphatic carbocycles. The molecule has 0 saturated carbocycles. The molecular formula is C20H22N2O3. The van der Waals surface area contributed by atoms with Gasteiger partial charge >= 0.3 is 11.8 Å². The molecule has 0 spiro atoms. The normalized spacial score (nSPS) is 12.4. The molecular weight excluding hydrogens is 316 g/mol. The van der Waals surface area contributed by atoms with Gasteiger partial charge < -0.3 is 15.4 Å². The van der Waals surface area contributed by atoms with Crippen molar-refractivity contribution in [3.63, 3.8) is 0 Å². The molecule has 0 aliphatic heterocycles. The van der Waals surface area contributed by atoms with Crippen LogP contribution in [0.1, 0.15) is 30.9 Å². The van der Waals surface area contributed by atoms with E-state index >= 15 is 0 Å². The molecule has 5 nitrogen and oxygen atoms in total. The minimum Gasteiger partial charge on any atom is -0.491 e. The van der Waals surface area contributed by atoms with E-state index in [2.05, 4.69) is 16.7 Å². The third-order valence-corrected chi connectivity index (χ3v) is 4.20. The van der Waals surface area contributed by atoms with Crippen molar-refractivity contribution in [2.75, 3.05) is 17.2 Å². The van der Waals surface area contributed by atoms with E-state index in [9.17, 15) is 9.59 Å². The molecule has 0 unspecified atom stereocenters. The predicted octanol–water partition coefficient (Wildman–Crippen LogP) is 3.54. The number of ether oxygens (including phenoxy) is 1. The molecule has 3 rings (SSSR count). The monoisotopic (exact) mass is 338 g/mol. The molecule has 130 valence electrons. The Balaban J connectivity index is 1.68. The van der Waals surface area contributed by atoms with Crippen molar-refractivity contribution >= 4 is 23.2 Å². The number of amides is 2. The molecule has 0 radical (unpaired) electrons. The van der Waals surface area contributed by atoms with E-state index in [1.165, 1.54) is 5.56 Å². The van der Waals surface area contributed by atoms with Crippen molar-refractivity contribution in [2.45, 2.75) is 32.6 Å². The van der Waals surface area contributed by atoms with E-state index in [0.717, 1.165) is 36.9 Å². The van der Waals surface area contributed by atoms with E-state index < -0.39 is 11.8 Å². The maximum atomic E-state index is 12.3. The number of rotatable bonds is 5. The number of hydrogen-bond donors (Lipinski definition) is 2. The van der Waals surface area contributed by atoms with Crippen LogP contribution in [0.2, 0.25) is 0 Å². The van der Waals surface area contributed by atoms with Crippen LogP contribution in [0.15, 0.2) is 42.5 Å². The average Bonchev–Trinajstić information content (AvgIpc) is 3.10. The third-order valence-electron chi connectivity index (χ3n) is 4.20. The van der Waals surface area contributed by atoms with Crippen LogP contribution in [0.5, 0.6) is 5.75 Å². The van der Waals surface area contributed by atoms with Gasteiger partial charge in [-0.1, -0.05) is 31.2 Å². The molecule has 0 bridgehead atoms. The van der Waals surface area contributed by atoms with Gasteiger partial charge in [-0.2, -0.15) is 0 Å². The molecule has 0 aromatic heterocycles.